The van der Waals surface area contributed by atoms with Crippen LogP contribution in [0.5, 0.6) is 0 Å². The van der Waals surface area contributed by atoms with Crippen LogP contribution in [0.3, 0.4) is 0 Å². The molecule has 1 aromatic carbocycles. The number of thiocarbonyl (C=S) groups is 1. The molecule has 1 saturated heterocycles. The molecule has 0 unspecified atom stereocenters. The fraction of sp³-hybridized carbons (Fsp3) is 0.227. The van der Waals surface area contributed by atoms with E-state index >= 15 is 0 Å². The van der Waals surface area contributed by atoms with E-state index < -0.39 is 0 Å². The number of carbonyl (C=O) groups excluding carboxylic acids is 1. The number of anilines is 2. The first-order valence-corrected chi connectivity index (χ1v) is 9.93. The highest BCUT2D eigenvalue weighted by molar-refractivity contribution is 7.80. The molecule has 0 spiro atoms. The zero-order valence-electron chi connectivity index (χ0n) is 16.7. The van der Waals surface area contributed by atoms with Gasteiger partial charge in [-0.05, 0) is 67.7 Å². The Balaban J connectivity index is 1.67. The minimum Gasteiger partial charge on any atom is -0.464 e. The highest BCUT2D eigenvalue weighted by Gasteiger charge is 2.42. The number of ether oxygens (including phenoxy) is 1. The van der Waals surface area contributed by atoms with E-state index in [-0.39, 0.29) is 24.6 Å². The number of aromatic nitrogens is 1. The van der Waals surface area contributed by atoms with Crippen LogP contribution in [0.1, 0.15) is 29.3 Å². The Hall–Kier alpha value is -3.23. The molecule has 4 rings (SSSR count). The van der Waals surface area contributed by atoms with Crippen LogP contribution in [0.25, 0.3) is 0 Å². The third-order valence-electron chi connectivity index (χ3n) is 4.86. The van der Waals surface area contributed by atoms with Gasteiger partial charge < -0.3 is 24.7 Å². The summed E-state index contributed by atoms with van der Waals surface area (Å²) in [5.41, 5.74) is 2.45. The molecule has 1 aliphatic rings. The van der Waals surface area contributed by atoms with E-state index in [0.717, 1.165) is 22.9 Å². The predicted octanol–water partition coefficient (Wildman–Crippen LogP) is 3.75. The van der Waals surface area contributed by atoms with Crippen molar-refractivity contribution in [2.45, 2.75) is 19.0 Å². The number of nitrogens with zero attached hydrogens (tertiary/aromatic N) is 2. The number of rotatable bonds is 6. The third-order valence-corrected chi connectivity index (χ3v) is 5.17. The van der Waals surface area contributed by atoms with Gasteiger partial charge >= 0.3 is 0 Å². The normalized spacial score (nSPS) is 18.3. The molecule has 2 N–H and O–H groups in total. The van der Waals surface area contributed by atoms with E-state index in [2.05, 4.69) is 15.6 Å². The van der Waals surface area contributed by atoms with Crippen molar-refractivity contribution < 1.29 is 13.9 Å². The SMILES string of the molecule is COCC(=O)Nc1ccc(N2C(=S)N[C@@H](c3ccccn3)[C@H]2c2ccc(C)o2)cc1. The lowest BCUT2D eigenvalue weighted by Gasteiger charge is -2.26. The molecule has 0 bridgehead atoms. The Morgan fingerprint density at radius 2 is 2.03 bits per heavy atom. The number of amides is 1. The van der Waals surface area contributed by atoms with Crippen molar-refractivity contribution in [3.05, 3.63) is 78.0 Å². The average molecular weight is 423 g/mol. The molecular formula is C22H22N4O3S. The Bertz CT molecular complexity index is 1040. The minimum absolute atomic E-state index is 0.00750. The Morgan fingerprint density at radius 3 is 2.67 bits per heavy atom. The van der Waals surface area contributed by atoms with Crippen LogP contribution in [0, 0.1) is 6.92 Å². The van der Waals surface area contributed by atoms with Crippen molar-refractivity contribution in [2.24, 2.45) is 0 Å². The molecule has 3 heterocycles. The summed E-state index contributed by atoms with van der Waals surface area (Å²) >= 11 is 5.68. The van der Waals surface area contributed by atoms with E-state index in [1.54, 1.807) is 6.20 Å². The van der Waals surface area contributed by atoms with Crippen LogP contribution >= 0.6 is 12.2 Å². The van der Waals surface area contributed by atoms with Gasteiger partial charge in [0.2, 0.25) is 5.91 Å². The summed E-state index contributed by atoms with van der Waals surface area (Å²) in [6.45, 7) is 1.93. The zero-order valence-corrected chi connectivity index (χ0v) is 17.5. The number of hydrogen-bond acceptors (Lipinski definition) is 5. The number of pyridine rings is 1. The fourth-order valence-corrected chi connectivity index (χ4v) is 3.91. The van der Waals surface area contributed by atoms with Gasteiger partial charge in [0.15, 0.2) is 5.11 Å². The molecule has 8 heteroatoms. The topological polar surface area (TPSA) is 79.6 Å². The number of aryl methyl sites for hydroxylation is 1. The lowest BCUT2D eigenvalue weighted by Crippen LogP contribution is -2.29. The van der Waals surface area contributed by atoms with Gasteiger partial charge in [-0.15, -0.1) is 0 Å². The maximum Gasteiger partial charge on any atom is 0.250 e. The van der Waals surface area contributed by atoms with E-state index in [1.807, 2.05) is 66.4 Å². The molecule has 3 aromatic rings. The van der Waals surface area contributed by atoms with Gasteiger partial charge in [0.25, 0.3) is 0 Å². The molecular weight excluding hydrogens is 400 g/mol. The zero-order chi connectivity index (χ0) is 21.1. The lowest BCUT2D eigenvalue weighted by molar-refractivity contribution is -0.119. The van der Waals surface area contributed by atoms with Crippen LogP contribution in [0.15, 0.2) is 65.2 Å². The van der Waals surface area contributed by atoms with Crippen molar-refractivity contribution in [3.8, 4) is 0 Å². The van der Waals surface area contributed by atoms with Gasteiger partial charge in [-0.1, -0.05) is 6.07 Å². The minimum atomic E-state index is -0.206. The van der Waals surface area contributed by atoms with Gasteiger partial charge in [0.05, 0.1) is 11.7 Å². The van der Waals surface area contributed by atoms with Crippen molar-refractivity contribution in [1.82, 2.24) is 10.3 Å². The summed E-state index contributed by atoms with van der Waals surface area (Å²) < 4.78 is 10.8. The largest absolute Gasteiger partial charge is 0.464 e. The Kier molecular flexibility index (Phi) is 5.78. The lowest BCUT2D eigenvalue weighted by atomic mass is 10.0. The highest BCUT2D eigenvalue weighted by atomic mass is 32.1. The maximum absolute atomic E-state index is 11.7. The summed E-state index contributed by atoms with van der Waals surface area (Å²) in [5, 5.41) is 6.77. The van der Waals surface area contributed by atoms with E-state index in [4.69, 9.17) is 21.4 Å². The number of methoxy groups -OCH3 is 1. The summed E-state index contributed by atoms with van der Waals surface area (Å²) in [7, 11) is 1.48. The molecule has 0 saturated carbocycles. The van der Waals surface area contributed by atoms with Gasteiger partial charge in [-0.2, -0.15) is 0 Å². The third kappa shape index (κ3) is 4.05. The predicted molar refractivity (Wildman–Crippen MR) is 118 cm³/mol. The molecule has 0 aliphatic carbocycles. The number of nitrogens with one attached hydrogen (secondary N) is 2. The molecule has 30 heavy (non-hydrogen) atoms. The summed E-state index contributed by atoms with van der Waals surface area (Å²) in [6.07, 6.45) is 1.77. The van der Waals surface area contributed by atoms with Crippen LogP contribution in [0.2, 0.25) is 0 Å². The first kappa shape index (κ1) is 20.1. The second-order valence-corrected chi connectivity index (χ2v) is 7.36. The van der Waals surface area contributed by atoms with Crippen LogP contribution in [-0.2, 0) is 9.53 Å². The van der Waals surface area contributed by atoms with Crippen molar-refractivity contribution >= 4 is 34.6 Å². The summed E-state index contributed by atoms with van der Waals surface area (Å²) in [6, 6.07) is 16.9. The van der Waals surface area contributed by atoms with Crippen molar-refractivity contribution in [2.75, 3.05) is 23.9 Å². The van der Waals surface area contributed by atoms with Gasteiger partial charge in [0.1, 0.15) is 24.2 Å². The molecule has 7 nitrogen and oxygen atoms in total. The van der Waals surface area contributed by atoms with Crippen LogP contribution in [-0.4, -0.2) is 29.7 Å². The smallest absolute Gasteiger partial charge is 0.250 e. The number of benzene rings is 1. The monoisotopic (exact) mass is 422 g/mol. The van der Waals surface area contributed by atoms with Crippen LogP contribution in [0.4, 0.5) is 11.4 Å². The molecule has 1 amide bonds. The van der Waals surface area contributed by atoms with Gasteiger partial charge in [-0.3, -0.25) is 9.78 Å². The summed E-state index contributed by atoms with van der Waals surface area (Å²) in [5.74, 6) is 1.43. The van der Waals surface area contributed by atoms with E-state index in [0.29, 0.717) is 10.8 Å². The van der Waals surface area contributed by atoms with Crippen molar-refractivity contribution in [1.29, 1.82) is 0 Å². The summed E-state index contributed by atoms with van der Waals surface area (Å²) in [4.78, 5) is 18.3. The van der Waals surface area contributed by atoms with E-state index in [1.165, 1.54) is 7.11 Å². The maximum atomic E-state index is 11.7. The molecule has 2 atom stereocenters. The second-order valence-electron chi connectivity index (χ2n) is 6.97. The first-order valence-electron chi connectivity index (χ1n) is 9.52. The average Bonchev–Trinajstić information content (AvgIpc) is 3.32. The molecule has 154 valence electrons. The standard InChI is InChI=1S/C22H22N4O3S/c1-14-6-11-18(29-14)21-20(17-5-3-4-12-23-17)25-22(30)26(21)16-9-7-15(8-10-16)24-19(27)13-28-2/h3-12,20-21H,13H2,1-2H3,(H,24,27)(H,25,30)/t20-,21+/m0/s1. The molecule has 1 aliphatic heterocycles. The molecule has 0 radical (unpaired) electrons. The fourth-order valence-electron chi connectivity index (χ4n) is 3.57. The Labute approximate surface area is 180 Å². The van der Waals surface area contributed by atoms with Gasteiger partial charge in [0, 0.05) is 24.7 Å². The quantitative estimate of drug-likeness (QED) is 0.586. The number of carbonyl (C=O) groups is 1. The van der Waals surface area contributed by atoms with E-state index in [9.17, 15) is 4.79 Å². The van der Waals surface area contributed by atoms with Crippen molar-refractivity contribution in [3.63, 3.8) is 0 Å². The van der Waals surface area contributed by atoms with Crippen LogP contribution < -0.4 is 15.5 Å². The first-order chi connectivity index (χ1) is 14.6. The molecule has 2 aromatic heterocycles. The second kappa shape index (κ2) is 8.64. The Morgan fingerprint density at radius 1 is 1.23 bits per heavy atom. The van der Waals surface area contributed by atoms with Gasteiger partial charge in [-0.25, -0.2) is 0 Å². The highest BCUT2D eigenvalue weighted by Crippen LogP contribution is 2.42. The number of hydrogen-bond donors (Lipinski definition) is 2. The molecule has 1 fully saturated rings. The number of furan rings is 1.